The Labute approximate surface area is 232 Å². The van der Waals surface area contributed by atoms with Crippen LogP contribution in [-0.4, -0.2) is 56.3 Å². The fourth-order valence-corrected chi connectivity index (χ4v) is 7.64. The minimum atomic E-state index is -3.87. The molecule has 1 aliphatic carbocycles. The summed E-state index contributed by atoms with van der Waals surface area (Å²) in [5.41, 5.74) is -0.139. The molecular weight excluding hydrogens is 557 g/mol. The van der Waals surface area contributed by atoms with E-state index >= 15 is 0 Å². The monoisotopic (exact) mass is 583 g/mol. The molecule has 0 spiro atoms. The molecule has 1 heterocycles. The molecule has 1 saturated carbocycles. The van der Waals surface area contributed by atoms with Crippen LogP contribution in [-0.2, 0) is 26.0 Å². The highest BCUT2D eigenvalue weighted by molar-refractivity contribution is 7.92. The van der Waals surface area contributed by atoms with Crippen molar-refractivity contribution < 1.29 is 17.9 Å². The van der Waals surface area contributed by atoms with E-state index in [2.05, 4.69) is 16.3 Å². The molecule has 198 valence electrons. The maximum absolute atomic E-state index is 13.6. The molecule has 1 saturated heterocycles. The van der Waals surface area contributed by atoms with Gasteiger partial charge in [-0.05, 0) is 68.6 Å². The second kappa shape index (κ2) is 11.5. The van der Waals surface area contributed by atoms with Crippen LogP contribution in [0.15, 0.2) is 47.4 Å². The number of rotatable bonds is 7. The molecule has 2 aliphatic rings. The molecule has 0 bridgehead atoms. The molecule has 0 unspecified atom stereocenters. The number of sulfone groups is 1. The van der Waals surface area contributed by atoms with Gasteiger partial charge in [0.15, 0.2) is 9.84 Å². The number of nitrogens with one attached hydrogen (secondary N) is 1. The van der Waals surface area contributed by atoms with Crippen molar-refractivity contribution in [3.8, 4) is 6.07 Å². The highest BCUT2D eigenvalue weighted by atomic mass is 35.5. The summed E-state index contributed by atoms with van der Waals surface area (Å²) in [7, 11) is -1.90. The summed E-state index contributed by atoms with van der Waals surface area (Å²) in [6, 6.07) is 13.7. The van der Waals surface area contributed by atoms with Crippen LogP contribution in [0.25, 0.3) is 0 Å². The van der Waals surface area contributed by atoms with Gasteiger partial charge in [-0.1, -0.05) is 46.9 Å². The minimum absolute atomic E-state index is 0.0233. The molecule has 37 heavy (non-hydrogen) atoms. The SMILES string of the molecule is CN1CCC(C#N)(NC(=O)[C@H]2C[C@H](S(=O)(=O)c3ccc(Cl)cc3Cl)C[C@@H]2OCc2ccc(Cl)cc2)CC1. The van der Waals surface area contributed by atoms with Crippen LogP contribution in [0, 0.1) is 17.2 Å². The van der Waals surface area contributed by atoms with E-state index in [1.165, 1.54) is 18.2 Å². The summed E-state index contributed by atoms with van der Waals surface area (Å²) < 4.78 is 33.2. The number of nitriles is 1. The van der Waals surface area contributed by atoms with Crippen LogP contribution < -0.4 is 5.32 Å². The number of hydrogen-bond acceptors (Lipinski definition) is 6. The van der Waals surface area contributed by atoms with E-state index in [-0.39, 0.29) is 35.3 Å². The predicted molar refractivity (Wildman–Crippen MR) is 143 cm³/mol. The highest BCUT2D eigenvalue weighted by Gasteiger charge is 2.47. The maximum atomic E-state index is 13.6. The number of benzene rings is 2. The van der Waals surface area contributed by atoms with Crippen LogP contribution in [0.1, 0.15) is 31.2 Å². The standard InChI is InChI=1S/C26H28Cl3N3O4S/c1-32-10-8-26(16-30,9-11-32)31-25(33)21-13-20(37(34,35)24-7-6-19(28)12-22(24)29)14-23(21)36-15-17-2-4-18(27)5-3-17/h2-7,12,20-21,23H,8-11,13-15H2,1H3,(H,31,33)/t20-,21-,23-/m0/s1. The second-order valence-corrected chi connectivity index (χ2v) is 13.3. The van der Waals surface area contributed by atoms with Crippen molar-refractivity contribution >= 4 is 50.5 Å². The second-order valence-electron chi connectivity index (χ2n) is 9.78. The first-order chi connectivity index (χ1) is 17.5. The summed E-state index contributed by atoms with van der Waals surface area (Å²) in [6.45, 7) is 1.55. The van der Waals surface area contributed by atoms with Gasteiger partial charge in [-0.3, -0.25) is 4.79 Å². The molecule has 2 aromatic carbocycles. The molecule has 0 radical (unpaired) electrons. The first-order valence-electron chi connectivity index (χ1n) is 12.0. The van der Waals surface area contributed by atoms with Crippen molar-refractivity contribution in [2.24, 2.45) is 5.92 Å². The third-order valence-electron chi connectivity index (χ3n) is 7.23. The fraction of sp³-hybridized carbons (Fsp3) is 0.462. The Morgan fingerprint density at radius 1 is 1.11 bits per heavy atom. The summed E-state index contributed by atoms with van der Waals surface area (Å²) in [4.78, 5) is 15.6. The van der Waals surface area contributed by atoms with Gasteiger partial charge < -0.3 is 15.0 Å². The molecule has 1 aliphatic heterocycles. The number of likely N-dealkylation sites (tertiary alicyclic amines) is 1. The number of amides is 1. The van der Waals surface area contributed by atoms with Crippen molar-refractivity contribution in [3.63, 3.8) is 0 Å². The molecule has 2 fully saturated rings. The van der Waals surface area contributed by atoms with Crippen LogP contribution in [0.5, 0.6) is 0 Å². The van der Waals surface area contributed by atoms with E-state index in [0.29, 0.717) is 36.0 Å². The lowest BCUT2D eigenvalue weighted by Crippen LogP contribution is -2.55. The van der Waals surface area contributed by atoms with Gasteiger partial charge in [0.05, 0.1) is 39.9 Å². The van der Waals surface area contributed by atoms with Gasteiger partial charge in [0.1, 0.15) is 5.54 Å². The third kappa shape index (κ3) is 6.42. The van der Waals surface area contributed by atoms with Crippen LogP contribution in [0.2, 0.25) is 15.1 Å². The van der Waals surface area contributed by atoms with Gasteiger partial charge in [-0.25, -0.2) is 8.42 Å². The van der Waals surface area contributed by atoms with Crippen molar-refractivity contribution in [1.82, 2.24) is 10.2 Å². The number of hydrogen-bond donors (Lipinski definition) is 1. The van der Waals surface area contributed by atoms with Crippen molar-refractivity contribution in [2.75, 3.05) is 20.1 Å². The Morgan fingerprint density at radius 2 is 1.76 bits per heavy atom. The minimum Gasteiger partial charge on any atom is -0.373 e. The number of nitrogens with zero attached hydrogens (tertiary/aromatic N) is 2. The zero-order valence-electron chi connectivity index (χ0n) is 20.3. The zero-order valence-corrected chi connectivity index (χ0v) is 23.4. The van der Waals surface area contributed by atoms with Crippen molar-refractivity contribution in [2.45, 2.75) is 54.1 Å². The van der Waals surface area contributed by atoms with E-state index in [9.17, 15) is 18.5 Å². The number of halogens is 3. The lowest BCUT2D eigenvalue weighted by atomic mass is 9.88. The molecule has 2 aromatic rings. The quantitative estimate of drug-likeness (QED) is 0.498. The molecule has 1 amide bonds. The van der Waals surface area contributed by atoms with E-state index in [4.69, 9.17) is 39.5 Å². The topological polar surface area (TPSA) is 99.5 Å². The van der Waals surface area contributed by atoms with Gasteiger partial charge in [0.2, 0.25) is 5.91 Å². The highest BCUT2D eigenvalue weighted by Crippen LogP contribution is 2.39. The maximum Gasteiger partial charge on any atom is 0.227 e. The van der Waals surface area contributed by atoms with E-state index in [1.807, 2.05) is 19.2 Å². The van der Waals surface area contributed by atoms with Gasteiger partial charge in [-0.15, -0.1) is 0 Å². The number of carbonyl (C=O) groups excluding carboxylic acids is 1. The summed E-state index contributed by atoms with van der Waals surface area (Å²) >= 11 is 18.2. The molecule has 4 rings (SSSR count). The van der Waals surface area contributed by atoms with E-state index in [0.717, 1.165) is 5.56 Å². The summed E-state index contributed by atoms with van der Waals surface area (Å²) in [6.07, 6.45) is 0.506. The van der Waals surface area contributed by atoms with Gasteiger partial charge in [-0.2, -0.15) is 5.26 Å². The zero-order chi connectivity index (χ0) is 26.8. The Hall–Kier alpha value is -1.86. The number of carbonyl (C=O) groups is 1. The summed E-state index contributed by atoms with van der Waals surface area (Å²) in [5, 5.41) is 12.9. The van der Waals surface area contributed by atoms with Crippen molar-refractivity contribution in [1.29, 1.82) is 5.26 Å². The number of ether oxygens (including phenoxy) is 1. The normalized spacial score (nSPS) is 23.9. The molecule has 3 atom stereocenters. The average molecular weight is 585 g/mol. The molecule has 7 nitrogen and oxygen atoms in total. The molecule has 0 aromatic heterocycles. The predicted octanol–water partition coefficient (Wildman–Crippen LogP) is 4.89. The third-order valence-corrected chi connectivity index (χ3v) is 10.4. The van der Waals surface area contributed by atoms with E-state index in [1.54, 1.807) is 12.1 Å². The fourth-order valence-electron chi connectivity index (χ4n) is 4.93. The average Bonchev–Trinajstić information content (AvgIpc) is 3.30. The van der Waals surface area contributed by atoms with Gasteiger partial charge >= 0.3 is 0 Å². The Morgan fingerprint density at radius 3 is 2.38 bits per heavy atom. The smallest absolute Gasteiger partial charge is 0.227 e. The summed E-state index contributed by atoms with van der Waals surface area (Å²) in [5.74, 6) is -1.12. The van der Waals surface area contributed by atoms with Gasteiger partial charge in [0, 0.05) is 23.1 Å². The van der Waals surface area contributed by atoms with E-state index < -0.39 is 32.6 Å². The van der Waals surface area contributed by atoms with Crippen molar-refractivity contribution in [3.05, 3.63) is 63.1 Å². The Bertz CT molecular complexity index is 1290. The van der Waals surface area contributed by atoms with Crippen LogP contribution in [0.3, 0.4) is 0 Å². The largest absolute Gasteiger partial charge is 0.373 e. The molecule has 11 heteroatoms. The molecule has 1 N–H and O–H groups in total. The van der Waals surface area contributed by atoms with Crippen LogP contribution >= 0.6 is 34.8 Å². The first kappa shape index (κ1) is 28.2. The molecular formula is C26H28Cl3N3O4S. The lowest BCUT2D eigenvalue weighted by Gasteiger charge is -2.37. The lowest BCUT2D eigenvalue weighted by molar-refractivity contribution is -0.131. The van der Waals surface area contributed by atoms with Crippen LogP contribution in [0.4, 0.5) is 0 Å². The first-order valence-corrected chi connectivity index (χ1v) is 14.7. The Balaban J connectivity index is 1.57. The number of piperidine rings is 1. The van der Waals surface area contributed by atoms with Gasteiger partial charge in [0.25, 0.3) is 0 Å². The Kier molecular flexibility index (Phi) is 8.74.